The number of carbonyl (C=O) groups excluding carboxylic acids is 2. The topological polar surface area (TPSA) is 92.2 Å². The van der Waals surface area contributed by atoms with E-state index in [9.17, 15) is 9.59 Å². The van der Waals surface area contributed by atoms with E-state index in [-0.39, 0.29) is 23.3 Å². The molecule has 1 saturated heterocycles. The van der Waals surface area contributed by atoms with Crippen LogP contribution in [-0.2, 0) is 35.5 Å². The molecule has 222 valence electrons. The Hall–Kier alpha value is -3.23. The number of halogens is 1. The molecule has 6 rings (SSSR count). The lowest BCUT2D eigenvalue weighted by Crippen LogP contribution is -2.57. The Morgan fingerprint density at radius 3 is 2.48 bits per heavy atom. The van der Waals surface area contributed by atoms with Gasteiger partial charge in [-0.2, -0.15) is 5.10 Å². The van der Waals surface area contributed by atoms with Crippen molar-refractivity contribution in [2.75, 3.05) is 13.1 Å². The standard InChI is InChI=1S/C33H41ClN6O2/c34-28-12-10-24(11-13-28)18-30(38-31(41)29-19-25-6-4-5-7-26(25)20-36-29)32(42)39-16-14-33(15-17-39,21-40-23-35-22-37-40)27-8-2-1-3-9-27/h4-7,10-13,22-23,27,29-30,36H,1-3,8-9,14-21H2,(H,38,41)/t29-,30?/m1/s1. The number of nitrogens with zero attached hydrogens (tertiary/aromatic N) is 4. The summed E-state index contributed by atoms with van der Waals surface area (Å²) in [5.74, 6) is 0.501. The summed E-state index contributed by atoms with van der Waals surface area (Å²) < 4.78 is 1.98. The number of rotatable bonds is 8. The second-order valence-electron chi connectivity index (χ2n) is 12.4. The summed E-state index contributed by atoms with van der Waals surface area (Å²) in [6.45, 7) is 2.86. The van der Waals surface area contributed by atoms with Crippen LogP contribution < -0.4 is 10.6 Å². The highest BCUT2D eigenvalue weighted by Crippen LogP contribution is 2.47. The maximum atomic E-state index is 14.1. The Kier molecular flexibility index (Phi) is 8.91. The molecule has 1 aromatic heterocycles. The fourth-order valence-corrected chi connectivity index (χ4v) is 7.53. The summed E-state index contributed by atoms with van der Waals surface area (Å²) in [5.41, 5.74) is 3.48. The fraction of sp³-hybridized carbons (Fsp3) is 0.515. The number of carbonyl (C=O) groups is 2. The first-order valence-electron chi connectivity index (χ1n) is 15.5. The molecule has 2 aromatic carbocycles. The van der Waals surface area contributed by atoms with Crippen LogP contribution in [0.25, 0.3) is 0 Å². The Bertz CT molecular complexity index is 1350. The number of benzene rings is 2. The molecule has 8 nitrogen and oxygen atoms in total. The summed E-state index contributed by atoms with van der Waals surface area (Å²) in [7, 11) is 0. The van der Waals surface area contributed by atoms with Crippen molar-refractivity contribution in [3.63, 3.8) is 0 Å². The fourth-order valence-electron chi connectivity index (χ4n) is 7.41. The molecule has 2 fully saturated rings. The lowest BCUT2D eigenvalue weighted by Gasteiger charge is -2.48. The molecule has 3 aliphatic rings. The average Bonchev–Trinajstić information content (AvgIpc) is 3.55. The molecule has 1 aliphatic carbocycles. The van der Waals surface area contributed by atoms with Crippen molar-refractivity contribution in [1.29, 1.82) is 0 Å². The van der Waals surface area contributed by atoms with E-state index in [1.165, 1.54) is 43.2 Å². The quantitative estimate of drug-likeness (QED) is 0.402. The maximum absolute atomic E-state index is 14.1. The second-order valence-corrected chi connectivity index (χ2v) is 12.9. The van der Waals surface area contributed by atoms with Gasteiger partial charge < -0.3 is 15.5 Å². The minimum absolute atomic E-state index is 0.00694. The van der Waals surface area contributed by atoms with Gasteiger partial charge in [-0.3, -0.25) is 14.3 Å². The highest BCUT2D eigenvalue weighted by Gasteiger charge is 2.44. The van der Waals surface area contributed by atoms with Gasteiger partial charge in [0.05, 0.1) is 6.04 Å². The van der Waals surface area contributed by atoms with E-state index < -0.39 is 6.04 Å². The molecular formula is C33H41ClN6O2. The molecule has 3 heterocycles. The van der Waals surface area contributed by atoms with Crippen LogP contribution in [0.1, 0.15) is 61.6 Å². The third-order valence-corrected chi connectivity index (χ3v) is 10.1. The zero-order valence-electron chi connectivity index (χ0n) is 24.2. The first-order chi connectivity index (χ1) is 20.5. The molecule has 2 N–H and O–H groups in total. The molecule has 1 unspecified atom stereocenters. The van der Waals surface area contributed by atoms with Crippen molar-refractivity contribution in [2.45, 2.75) is 83.0 Å². The highest BCUT2D eigenvalue weighted by molar-refractivity contribution is 6.30. The van der Waals surface area contributed by atoms with Gasteiger partial charge >= 0.3 is 0 Å². The van der Waals surface area contributed by atoms with E-state index in [1.54, 1.807) is 6.33 Å². The van der Waals surface area contributed by atoms with Crippen LogP contribution in [0.3, 0.4) is 0 Å². The molecule has 42 heavy (non-hydrogen) atoms. The Labute approximate surface area is 253 Å². The van der Waals surface area contributed by atoms with Crippen LogP contribution in [0.2, 0.25) is 5.02 Å². The number of amides is 2. The van der Waals surface area contributed by atoms with E-state index in [0.717, 1.165) is 24.9 Å². The Balaban J connectivity index is 1.17. The Morgan fingerprint density at radius 1 is 1.02 bits per heavy atom. The predicted molar refractivity (Wildman–Crippen MR) is 163 cm³/mol. The number of likely N-dealkylation sites (tertiary alicyclic amines) is 1. The van der Waals surface area contributed by atoms with Crippen LogP contribution >= 0.6 is 11.6 Å². The van der Waals surface area contributed by atoms with E-state index in [1.807, 2.05) is 52.3 Å². The summed E-state index contributed by atoms with van der Waals surface area (Å²) in [5, 5.41) is 11.6. The second kappa shape index (κ2) is 13.0. The van der Waals surface area contributed by atoms with Crippen molar-refractivity contribution >= 4 is 23.4 Å². The molecule has 2 amide bonds. The minimum atomic E-state index is -0.643. The molecule has 0 radical (unpaired) electrons. The molecule has 0 bridgehead atoms. The lowest BCUT2D eigenvalue weighted by atomic mass is 9.63. The maximum Gasteiger partial charge on any atom is 0.245 e. The van der Waals surface area contributed by atoms with Crippen molar-refractivity contribution in [2.24, 2.45) is 11.3 Å². The molecule has 3 aromatic rings. The van der Waals surface area contributed by atoms with Gasteiger partial charge in [0, 0.05) is 37.6 Å². The van der Waals surface area contributed by atoms with Gasteiger partial charge in [0.1, 0.15) is 18.7 Å². The van der Waals surface area contributed by atoms with Gasteiger partial charge in [0.15, 0.2) is 0 Å². The number of hydrogen-bond donors (Lipinski definition) is 2. The predicted octanol–water partition coefficient (Wildman–Crippen LogP) is 4.56. The molecular weight excluding hydrogens is 548 g/mol. The van der Waals surface area contributed by atoms with E-state index in [4.69, 9.17) is 11.6 Å². The van der Waals surface area contributed by atoms with Gasteiger partial charge in [0.2, 0.25) is 11.8 Å². The zero-order valence-corrected chi connectivity index (χ0v) is 24.9. The zero-order chi connectivity index (χ0) is 28.9. The SMILES string of the molecule is O=C(NC(Cc1ccc(Cl)cc1)C(=O)N1CCC(Cn2cncn2)(C2CCCCC2)CC1)[C@H]1Cc2ccccc2CN1. The number of aromatic nitrogens is 3. The van der Waals surface area contributed by atoms with Gasteiger partial charge in [-0.25, -0.2) is 4.98 Å². The smallest absolute Gasteiger partial charge is 0.245 e. The summed E-state index contributed by atoms with van der Waals surface area (Å²) in [6, 6.07) is 14.7. The number of piperidine rings is 1. The van der Waals surface area contributed by atoms with Crippen LogP contribution in [-0.4, -0.2) is 56.7 Å². The van der Waals surface area contributed by atoms with E-state index in [0.29, 0.717) is 43.4 Å². The largest absolute Gasteiger partial charge is 0.343 e. The first kappa shape index (κ1) is 28.9. The molecule has 2 aliphatic heterocycles. The molecule has 1 saturated carbocycles. The Morgan fingerprint density at radius 2 is 1.76 bits per heavy atom. The van der Waals surface area contributed by atoms with Crippen LogP contribution in [0.4, 0.5) is 0 Å². The van der Waals surface area contributed by atoms with Gasteiger partial charge in [0.25, 0.3) is 0 Å². The van der Waals surface area contributed by atoms with Crippen LogP contribution in [0.15, 0.2) is 61.2 Å². The minimum Gasteiger partial charge on any atom is -0.343 e. The summed E-state index contributed by atoms with van der Waals surface area (Å²) in [6.07, 6.45) is 12.7. The first-order valence-corrected chi connectivity index (χ1v) is 15.8. The molecule has 2 atom stereocenters. The monoisotopic (exact) mass is 588 g/mol. The lowest BCUT2D eigenvalue weighted by molar-refractivity contribution is -0.140. The van der Waals surface area contributed by atoms with Crippen molar-refractivity contribution < 1.29 is 9.59 Å². The summed E-state index contributed by atoms with van der Waals surface area (Å²) >= 11 is 6.14. The third-order valence-electron chi connectivity index (χ3n) is 9.85. The van der Waals surface area contributed by atoms with Gasteiger partial charge in [-0.15, -0.1) is 0 Å². The average molecular weight is 589 g/mol. The normalized spacial score (nSPS) is 21.4. The van der Waals surface area contributed by atoms with Crippen LogP contribution in [0, 0.1) is 11.3 Å². The number of nitrogens with one attached hydrogen (secondary N) is 2. The molecule has 9 heteroatoms. The van der Waals surface area contributed by atoms with Gasteiger partial charge in [-0.1, -0.05) is 67.3 Å². The van der Waals surface area contributed by atoms with Crippen molar-refractivity contribution in [3.05, 3.63) is 82.9 Å². The third kappa shape index (κ3) is 6.55. The summed E-state index contributed by atoms with van der Waals surface area (Å²) in [4.78, 5) is 33.9. The van der Waals surface area contributed by atoms with Crippen molar-refractivity contribution in [3.8, 4) is 0 Å². The number of hydrogen-bond acceptors (Lipinski definition) is 5. The highest BCUT2D eigenvalue weighted by atomic mass is 35.5. The van der Waals surface area contributed by atoms with Crippen LogP contribution in [0.5, 0.6) is 0 Å². The van der Waals surface area contributed by atoms with Gasteiger partial charge in [-0.05, 0) is 72.3 Å². The van der Waals surface area contributed by atoms with E-state index in [2.05, 4.69) is 32.8 Å². The van der Waals surface area contributed by atoms with E-state index >= 15 is 0 Å². The number of fused-ring (bicyclic) bond motifs is 1. The molecule has 0 spiro atoms. The van der Waals surface area contributed by atoms with Crippen molar-refractivity contribution in [1.82, 2.24) is 30.3 Å².